The van der Waals surface area contributed by atoms with Gasteiger partial charge in [-0.1, -0.05) is 0 Å². The third kappa shape index (κ3) is 4.44. The van der Waals surface area contributed by atoms with Gasteiger partial charge < -0.3 is 10.6 Å². The molecule has 17 heavy (non-hydrogen) atoms. The Kier molecular flexibility index (Phi) is 4.96. The maximum absolute atomic E-state index is 7.18. The summed E-state index contributed by atoms with van der Waals surface area (Å²) in [6.07, 6.45) is 0.966. The van der Waals surface area contributed by atoms with Gasteiger partial charge in [-0.25, -0.2) is 0 Å². The van der Waals surface area contributed by atoms with Gasteiger partial charge >= 0.3 is 0 Å². The molecule has 94 valence electrons. The van der Waals surface area contributed by atoms with E-state index in [0.717, 1.165) is 13.0 Å². The van der Waals surface area contributed by atoms with Gasteiger partial charge in [-0.3, -0.25) is 15.7 Å². The predicted molar refractivity (Wildman–Crippen MR) is 73.8 cm³/mol. The highest BCUT2D eigenvalue weighted by atomic mass is 32.1. The van der Waals surface area contributed by atoms with Crippen molar-refractivity contribution in [1.29, 1.82) is 5.41 Å². The molecule has 0 saturated carbocycles. The molecule has 5 nitrogen and oxygen atoms in total. The van der Waals surface area contributed by atoms with Crippen LogP contribution in [0.5, 0.6) is 0 Å². The zero-order chi connectivity index (χ0) is 12.8. The third-order valence-electron chi connectivity index (χ3n) is 2.31. The van der Waals surface area contributed by atoms with Gasteiger partial charge in [-0.15, -0.1) is 11.3 Å². The second-order valence-electron chi connectivity index (χ2n) is 3.77. The fraction of sp³-hybridized carbons (Fsp3) is 0.455. The quantitative estimate of drug-likeness (QED) is 0.555. The number of hydrogen-bond donors (Lipinski definition) is 3. The lowest BCUT2D eigenvalue weighted by Crippen LogP contribution is -2.45. The molecule has 1 heterocycles. The summed E-state index contributed by atoms with van der Waals surface area (Å²) >= 11 is 1.81. The van der Waals surface area contributed by atoms with Gasteiger partial charge in [0, 0.05) is 30.4 Å². The smallest absolute Gasteiger partial charge is 0.200 e. The van der Waals surface area contributed by atoms with Crippen molar-refractivity contribution < 1.29 is 0 Å². The predicted octanol–water partition coefficient (Wildman–Crippen LogP) is 1.000. The lowest BCUT2D eigenvalue weighted by Gasteiger charge is -2.20. The monoisotopic (exact) mass is 253 g/mol. The fourth-order valence-corrected chi connectivity index (χ4v) is 2.32. The molecule has 0 bridgehead atoms. The first-order valence-electron chi connectivity index (χ1n) is 5.37. The molecule has 4 N–H and O–H groups in total. The van der Waals surface area contributed by atoms with Crippen LogP contribution in [0.25, 0.3) is 0 Å². The van der Waals surface area contributed by atoms with Gasteiger partial charge in [0.2, 0.25) is 0 Å². The summed E-state index contributed by atoms with van der Waals surface area (Å²) in [5.74, 6) is 0.523. The van der Waals surface area contributed by atoms with Crippen LogP contribution in [0, 0.1) is 12.3 Å². The van der Waals surface area contributed by atoms with Crippen LogP contribution in [0.4, 0.5) is 0 Å². The van der Waals surface area contributed by atoms with Crippen LogP contribution in [0.1, 0.15) is 9.75 Å². The number of thiophene rings is 1. The number of nitrogens with zero attached hydrogens (tertiary/aromatic N) is 2. The second-order valence-corrected chi connectivity index (χ2v) is 5.14. The van der Waals surface area contributed by atoms with E-state index in [-0.39, 0.29) is 5.96 Å². The zero-order valence-corrected chi connectivity index (χ0v) is 11.3. The number of nitrogens with two attached hydrogens (primary N) is 1. The number of rotatable bonds is 3. The molecule has 0 atom stereocenters. The molecule has 0 aliphatic rings. The standard InChI is InChI=1S/C11H19N5S/c1-8-4-5-9(17-8)6-7-16(3)11(14-2)15-10(12)13/h4-5H,6-7H2,1-3H3,(H4,12,13,14,15). The molecule has 0 spiro atoms. The van der Waals surface area contributed by atoms with Crippen LogP contribution in [-0.2, 0) is 6.42 Å². The van der Waals surface area contributed by atoms with Gasteiger partial charge in [-0.05, 0) is 25.5 Å². The molecule has 0 amide bonds. The Balaban J connectivity index is 2.48. The summed E-state index contributed by atoms with van der Waals surface area (Å²) < 4.78 is 0. The lowest BCUT2D eigenvalue weighted by molar-refractivity contribution is 0.497. The molecule has 0 saturated heterocycles. The molecule has 1 aromatic heterocycles. The molecule has 0 aliphatic carbocycles. The second kappa shape index (κ2) is 6.24. The first kappa shape index (κ1) is 13.5. The van der Waals surface area contributed by atoms with E-state index < -0.39 is 0 Å². The van der Waals surface area contributed by atoms with Crippen molar-refractivity contribution in [2.45, 2.75) is 13.3 Å². The largest absolute Gasteiger partial charge is 0.370 e. The Morgan fingerprint density at radius 2 is 2.29 bits per heavy atom. The van der Waals surface area contributed by atoms with E-state index in [1.54, 1.807) is 7.05 Å². The van der Waals surface area contributed by atoms with Gasteiger partial charge in [0.25, 0.3) is 0 Å². The van der Waals surface area contributed by atoms with Crippen molar-refractivity contribution >= 4 is 23.3 Å². The number of aliphatic imine (C=N–C) groups is 1. The minimum absolute atomic E-state index is 0.0931. The SMILES string of the molecule is C/N=C(\NC(=N)N)N(C)CCc1ccc(C)s1. The highest BCUT2D eigenvalue weighted by Gasteiger charge is 2.07. The average molecular weight is 253 g/mol. The van der Waals surface area contributed by atoms with Gasteiger partial charge in [-0.2, -0.15) is 0 Å². The number of guanidine groups is 2. The first-order chi connectivity index (χ1) is 8.02. The van der Waals surface area contributed by atoms with Crippen molar-refractivity contribution in [1.82, 2.24) is 10.2 Å². The van der Waals surface area contributed by atoms with E-state index in [4.69, 9.17) is 11.1 Å². The lowest BCUT2D eigenvalue weighted by atomic mass is 10.3. The van der Waals surface area contributed by atoms with Crippen molar-refractivity contribution in [2.24, 2.45) is 10.7 Å². The van der Waals surface area contributed by atoms with E-state index in [1.807, 2.05) is 23.3 Å². The van der Waals surface area contributed by atoms with Crippen LogP contribution < -0.4 is 11.1 Å². The van der Waals surface area contributed by atoms with Crippen molar-refractivity contribution in [3.63, 3.8) is 0 Å². The average Bonchev–Trinajstić information content (AvgIpc) is 2.68. The summed E-state index contributed by atoms with van der Waals surface area (Å²) in [7, 11) is 3.61. The molecule has 0 radical (unpaired) electrons. The van der Waals surface area contributed by atoms with Crippen LogP contribution in [-0.4, -0.2) is 37.5 Å². The highest BCUT2D eigenvalue weighted by Crippen LogP contribution is 2.15. The molecule has 1 rings (SSSR count). The van der Waals surface area contributed by atoms with Crippen LogP contribution in [0.3, 0.4) is 0 Å². The summed E-state index contributed by atoms with van der Waals surface area (Å²) in [6.45, 7) is 2.95. The maximum atomic E-state index is 7.18. The molecule has 0 aliphatic heterocycles. The molecule has 0 unspecified atom stereocenters. The Bertz CT molecular complexity index is 410. The molecule has 6 heteroatoms. The van der Waals surface area contributed by atoms with E-state index in [9.17, 15) is 0 Å². The van der Waals surface area contributed by atoms with Gasteiger partial charge in [0.15, 0.2) is 11.9 Å². The molecule has 1 aromatic rings. The Morgan fingerprint density at radius 3 is 2.76 bits per heavy atom. The van der Waals surface area contributed by atoms with Crippen molar-refractivity contribution in [3.05, 3.63) is 21.9 Å². The zero-order valence-electron chi connectivity index (χ0n) is 10.4. The number of likely N-dealkylation sites (N-methyl/N-ethyl adjacent to an activating group) is 1. The first-order valence-corrected chi connectivity index (χ1v) is 6.19. The Labute approximate surface area is 106 Å². The van der Waals surface area contributed by atoms with Crippen LogP contribution in [0.2, 0.25) is 0 Å². The third-order valence-corrected chi connectivity index (χ3v) is 3.37. The molecular formula is C11H19N5S. The fourth-order valence-electron chi connectivity index (χ4n) is 1.45. The Morgan fingerprint density at radius 1 is 1.59 bits per heavy atom. The van der Waals surface area contributed by atoms with E-state index in [0.29, 0.717) is 5.96 Å². The summed E-state index contributed by atoms with van der Waals surface area (Å²) in [5, 5.41) is 9.89. The number of nitrogens with one attached hydrogen (secondary N) is 2. The minimum Gasteiger partial charge on any atom is -0.370 e. The van der Waals surface area contributed by atoms with E-state index in [1.165, 1.54) is 9.75 Å². The maximum Gasteiger partial charge on any atom is 0.200 e. The number of hydrogen-bond acceptors (Lipinski definition) is 3. The summed E-state index contributed by atoms with van der Waals surface area (Å²) in [6, 6.07) is 4.28. The molecule has 0 aromatic carbocycles. The topological polar surface area (TPSA) is 77.5 Å². The normalized spacial score (nSPS) is 11.4. The Hall–Kier alpha value is -1.56. The van der Waals surface area contributed by atoms with Gasteiger partial charge in [0.1, 0.15) is 0 Å². The summed E-state index contributed by atoms with van der Waals surface area (Å²) in [5.41, 5.74) is 5.28. The van der Waals surface area contributed by atoms with Crippen LogP contribution in [0.15, 0.2) is 17.1 Å². The van der Waals surface area contributed by atoms with Crippen LogP contribution >= 0.6 is 11.3 Å². The van der Waals surface area contributed by atoms with Crippen molar-refractivity contribution in [3.8, 4) is 0 Å². The molecular weight excluding hydrogens is 234 g/mol. The molecule has 0 fully saturated rings. The summed E-state index contributed by atoms with van der Waals surface area (Å²) in [4.78, 5) is 8.70. The van der Waals surface area contributed by atoms with E-state index >= 15 is 0 Å². The van der Waals surface area contributed by atoms with Crippen molar-refractivity contribution in [2.75, 3.05) is 20.6 Å². The minimum atomic E-state index is -0.0931. The van der Waals surface area contributed by atoms with Gasteiger partial charge in [0.05, 0.1) is 0 Å². The number of aryl methyl sites for hydroxylation is 1. The van der Waals surface area contributed by atoms with E-state index in [2.05, 4.69) is 29.4 Å². The highest BCUT2D eigenvalue weighted by molar-refractivity contribution is 7.11.